The molecule has 1 heterocycles. The molecule has 1 aromatic heterocycles. The zero-order valence-corrected chi connectivity index (χ0v) is 8.68. The maximum absolute atomic E-state index is 13.6. The highest BCUT2D eigenvalue weighted by atomic mass is 19.3. The van der Waals surface area contributed by atoms with Gasteiger partial charge in [0.2, 0.25) is 0 Å². The van der Waals surface area contributed by atoms with Crippen LogP contribution in [-0.2, 0) is 19.4 Å². The number of aromatic nitrogens is 2. The van der Waals surface area contributed by atoms with Crippen molar-refractivity contribution >= 4 is 5.78 Å². The number of Topliss-reactive ketones (excluding diaryl/α,β-unsaturated/α-hetero) is 1. The number of carbonyl (C=O) groups excluding carboxylic acids is 1. The fraction of sp³-hybridized carbons (Fsp3) is 0.600. The summed E-state index contributed by atoms with van der Waals surface area (Å²) in [6.45, 7) is 1.27. The number of alkyl halides is 2. The Morgan fingerprint density at radius 2 is 2.20 bits per heavy atom. The molecule has 0 aromatic carbocycles. The van der Waals surface area contributed by atoms with Gasteiger partial charge in [-0.15, -0.1) is 0 Å². The van der Waals surface area contributed by atoms with Crippen LogP contribution in [0.25, 0.3) is 0 Å². The summed E-state index contributed by atoms with van der Waals surface area (Å²) in [5.41, 5.74) is 0.275. The number of nitrogens with zero attached hydrogens (tertiary/aromatic N) is 2. The van der Waals surface area contributed by atoms with Gasteiger partial charge in [-0.2, -0.15) is 5.10 Å². The first kappa shape index (κ1) is 10.3. The quantitative estimate of drug-likeness (QED) is 0.670. The standard InChI is InChI=1S/C10H12F2N2O/c1-6(15)9-8-7(14(2)13-9)4-3-5-10(8,11)12/h3-5H2,1-2H3. The van der Waals surface area contributed by atoms with Crippen LogP contribution in [-0.4, -0.2) is 15.6 Å². The molecule has 0 radical (unpaired) electrons. The molecule has 1 aliphatic carbocycles. The van der Waals surface area contributed by atoms with Crippen LogP contribution in [0.3, 0.4) is 0 Å². The van der Waals surface area contributed by atoms with E-state index in [4.69, 9.17) is 0 Å². The highest BCUT2D eigenvalue weighted by Crippen LogP contribution is 2.41. The van der Waals surface area contributed by atoms with E-state index in [-0.39, 0.29) is 17.7 Å². The third-order valence-electron chi connectivity index (χ3n) is 2.77. The van der Waals surface area contributed by atoms with Crippen molar-refractivity contribution in [2.45, 2.75) is 32.1 Å². The lowest BCUT2D eigenvalue weighted by Gasteiger charge is -2.22. The van der Waals surface area contributed by atoms with Gasteiger partial charge in [0.05, 0.1) is 5.56 Å². The van der Waals surface area contributed by atoms with Crippen molar-refractivity contribution in [3.05, 3.63) is 17.0 Å². The van der Waals surface area contributed by atoms with Gasteiger partial charge < -0.3 is 0 Å². The molecule has 0 fully saturated rings. The van der Waals surface area contributed by atoms with Crippen molar-refractivity contribution in [3.63, 3.8) is 0 Å². The number of fused-ring (bicyclic) bond motifs is 1. The normalized spacial score (nSPS) is 18.7. The molecule has 2 rings (SSSR count). The Hall–Kier alpha value is -1.26. The topological polar surface area (TPSA) is 34.9 Å². The SMILES string of the molecule is CC(=O)c1nn(C)c2c1C(F)(F)CCC2. The molecule has 0 unspecified atom stereocenters. The Bertz CT molecular complexity index is 423. The minimum absolute atomic E-state index is 0.0720. The highest BCUT2D eigenvalue weighted by molar-refractivity contribution is 5.94. The zero-order valence-electron chi connectivity index (χ0n) is 8.68. The van der Waals surface area contributed by atoms with Crippen LogP contribution in [0.4, 0.5) is 8.78 Å². The minimum Gasteiger partial charge on any atom is -0.293 e. The van der Waals surface area contributed by atoms with Crippen LogP contribution in [0.2, 0.25) is 0 Å². The van der Waals surface area contributed by atoms with Gasteiger partial charge in [0.1, 0.15) is 5.69 Å². The average molecular weight is 214 g/mol. The van der Waals surface area contributed by atoms with E-state index in [0.717, 1.165) is 0 Å². The number of rotatable bonds is 1. The molecule has 0 saturated carbocycles. The lowest BCUT2D eigenvalue weighted by Crippen LogP contribution is -2.23. The van der Waals surface area contributed by atoms with Gasteiger partial charge >= 0.3 is 0 Å². The Balaban J connectivity index is 2.67. The number of carbonyl (C=O) groups is 1. The monoisotopic (exact) mass is 214 g/mol. The van der Waals surface area contributed by atoms with E-state index in [2.05, 4.69) is 5.10 Å². The van der Waals surface area contributed by atoms with Gasteiger partial charge in [-0.25, -0.2) is 8.78 Å². The van der Waals surface area contributed by atoms with Crippen LogP contribution in [0, 0.1) is 0 Å². The fourth-order valence-electron chi connectivity index (χ4n) is 2.08. The van der Waals surface area contributed by atoms with Crippen molar-refractivity contribution in [3.8, 4) is 0 Å². The molecule has 0 atom stereocenters. The first-order valence-corrected chi connectivity index (χ1v) is 4.88. The summed E-state index contributed by atoms with van der Waals surface area (Å²) in [6.07, 6.45) is 0.824. The van der Waals surface area contributed by atoms with Crippen LogP contribution < -0.4 is 0 Å². The molecule has 82 valence electrons. The molecule has 1 aromatic rings. The van der Waals surface area contributed by atoms with Crippen molar-refractivity contribution in [1.82, 2.24) is 9.78 Å². The van der Waals surface area contributed by atoms with E-state index in [1.54, 1.807) is 7.05 Å². The number of hydrogen-bond donors (Lipinski definition) is 0. The summed E-state index contributed by atoms with van der Waals surface area (Å²) in [5, 5.41) is 3.87. The molecular weight excluding hydrogens is 202 g/mol. The number of hydrogen-bond acceptors (Lipinski definition) is 2. The molecular formula is C10H12F2N2O. The largest absolute Gasteiger partial charge is 0.293 e. The first-order chi connectivity index (χ1) is 6.93. The molecule has 0 spiro atoms. The van der Waals surface area contributed by atoms with Crippen molar-refractivity contribution < 1.29 is 13.6 Å². The Morgan fingerprint density at radius 1 is 1.53 bits per heavy atom. The molecule has 0 saturated heterocycles. The fourth-order valence-corrected chi connectivity index (χ4v) is 2.08. The van der Waals surface area contributed by atoms with E-state index in [0.29, 0.717) is 18.5 Å². The second-order valence-electron chi connectivity index (χ2n) is 3.91. The summed E-state index contributed by atoms with van der Waals surface area (Å²) in [5.74, 6) is -3.29. The van der Waals surface area contributed by atoms with E-state index < -0.39 is 11.7 Å². The van der Waals surface area contributed by atoms with Crippen molar-refractivity contribution in [2.75, 3.05) is 0 Å². The lowest BCUT2D eigenvalue weighted by atomic mass is 9.91. The van der Waals surface area contributed by atoms with Crippen molar-refractivity contribution in [2.24, 2.45) is 7.05 Å². The number of aryl methyl sites for hydroxylation is 1. The predicted molar refractivity (Wildman–Crippen MR) is 50.0 cm³/mol. The average Bonchev–Trinajstić information content (AvgIpc) is 2.45. The van der Waals surface area contributed by atoms with Crippen LogP contribution >= 0.6 is 0 Å². The molecule has 3 nitrogen and oxygen atoms in total. The first-order valence-electron chi connectivity index (χ1n) is 4.88. The van der Waals surface area contributed by atoms with Gasteiger partial charge in [0, 0.05) is 26.1 Å². The maximum atomic E-state index is 13.6. The summed E-state index contributed by atoms with van der Waals surface area (Å²) >= 11 is 0. The molecule has 5 heteroatoms. The van der Waals surface area contributed by atoms with Crippen LogP contribution in [0.1, 0.15) is 41.5 Å². The predicted octanol–water partition coefficient (Wildman–Crippen LogP) is 2.05. The molecule has 0 amide bonds. The van der Waals surface area contributed by atoms with E-state index in [1.807, 2.05) is 0 Å². The lowest BCUT2D eigenvalue weighted by molar-refractivity contribution is -0.0226. The minimum atomic E-state index is -2.90. The second kappa shape index (κ2) is 3.12. The van der Waals surface area contributed by atoms with Gasteiger partial charge in [-0.05, 0) is 12.8 Å². The molecule has 1 aliphatic rings. The number of halogens is 2. The molecule has 0 N–H and O–H groups in total. The summed E-state index contributed by atoms with van der Waals surface area (Å²) < 4.78 is 28.7. The van der Waals surface area contributed by atoms with Gasteiger partial charge in [0.15, 0.2) is 5.78 Å². The number of ketones is 1. The summed E-state index contributed by atoms with van der Waals surface area (Å²) in [4.78, 5) is 11.2. The van der Waals surface area contributed by atoms with E-state index in [9.17, 15) is 13.6 Å². The molecule has 0 bridgehead atoms. The smallest absolute Gasteiger partial charge is 0.277 e. The Labute approximate surface area is 86.1 Å². The highest BCUT2D eigenvalue weighted by Gasteiger charge is 2.42. The summed E-state index contributed by atoms with van der Waals surface area (Å²) in [6, 6.07) is 0. The van der Waals surface area contributed by atoms with Crippen LogP contribution in [0.5, 0.6) is 0 Å². The maximum Gasteiger partial charge on any atom is 0.277 e. The van der Waals surface area contributed by atoms with E-state index in [1.165, 1.54) is 11.6 Å². The third kappa shape index (κ3) is 1.46. The molecule has 15 heavy (non-hydrogen) atoms. The van der Waals surface area contributed by atoms with Crippen molar-refractivity contribution in [1.29, 1.82) is 0 Å². The van der Waals surface area contributed by atoms with Gasteiger partial charge in [-0.1, -0.05) is 0 Å². The third-order valence-corrected chi connectivity index (χ3v) is 2.77. The Morgan fingerprint density at radius 3 is 2.80 bits per heavy atom. The van der Waals surface area contributed by atoms with Gasteiger partial charge in [-0.3, -0.25) is 9.48 Å². The second-order valence-corrected chi connectivity index (χ2v) is 3.91. The molecule has 0 aliphatic heterocycles. The summed E-state index contributed by atoms with van der Waals surface area (Å²) in [7, 11) is 1.60. The Kier molecular flexibility index (Phi) is 2.13. The van der Waals surface area contributed by atoms with E-state index >= 15 is 0 Å². The van der Waals surface area contributed by atoms with Crippen LogP contribution in [0.15, 0.2) is 0 Å². The van der Waals surface area contributed by atoms with Gasteiger partial charge in [0.25, 0.3) is 5.92 Å². The zero-order chi connectivity index (χ0) is 11.2.